The van der Waals surface area contributed by atoms with Gasteiger partial charge in [0.15, 0.2) is 0 Å². The number of hydrogen-bond acceptors (Lipinski definition) is 3. The zero-order chi connectivity index (χ0) is 17.9. The first-order valence-electron chi connectivity index (χ1n) is 9.17. The Bertz CT molecular complexity index is 779. The van der Waals surface area contributed by atoms with Crippen LogP contribution in [0.5, 0.6) is 0 Å². The van der Waals surface area contributed by atoms with E-state index in [9.17, 15) is 9.59 Å². The standard InChI is InChI=1S/C21H23N3O2.ClH/c25-19-15-18(21(26)23-13-11-22-12-14-23)20(16-7-3-1-4-8-16)24(19)17-9-5-2-6-10-17;/h1-10,18,20,22H,11-15H2;1H/t18-,20+;/m0./s1. The van der Waals surface area contributed by atoms with Crippen molar-refractivity contribution in [2.45, 2.75) is 12.5 Å². The molecule has 6 heteroatoms. The monoisotopic (exact) mass is 385 g/mol. The summed E-state index contributed by atoms with van der Waals surface area (Å²) < 4.78 is 0. The number of piperazine rings is 1. The largest absolute Gasteiger partial charge is 0.340 e. The Labute approximate surface area is 165 Å². The second kappa shape index (κ2) is 8.55. The number of nitrogens with one attached hydrogen (secondary N) is 1. The summed E-state index contributed by atoms with van der Waals surface area (Å²) in [7, 11) is 0. The molecule has 2 fully saturated rings. The van der Waals surface area contributed by atoms with Crippen molar-refractivity contribution in [2.24, 2.45) is 5.92 Å². The van der Waals surface area contributed by atoms with Crippen LogP contribution in [0.25, 0.3) is 0 Å². The third kappa shape index (κ3) is 3.84. The van der Waals surface area contributed by atoms with Crippen LogP contribution in [-0.4, -0.2) is 42.9 Å². The molecule has 142 valence electrons. The molecular weight excluding hydrogens is 362 g/mol. The van der Waals surface area contributed by atoms with E-state index in [0.717, 1.165) is 24.3 Å². The molecule has 5 nitrogen and oxygen atoms in total. The number of hydrogen-bond donors (Lipinski definition) is 1. The van der Waals surface area contributed by atoms with Crippen LogP contribution >= 0.6 is 12.4 Å². The Balaban J connectivity index is 0.00000210. The van der Waals surface area contributed by atoms with Gasteiger partial charge in [0.25, 0.3) is 0 Å². The second-order valence-electron chi connectivity index (χ2n) is 6.84. The Morgan fingerprint density at radius 3 is 2.15 bits per heavy atom. The molecule has 2 aromatic carbocycles. The highest BCUT2D eigenvalue weighted by atomic mass is 35.5. The van der Waals surface area contributed by atoms with Crippen molar-refractivity contribution < 1.29 is 9.59 Å². The van der Waals surface area contributed by atoms with Gasteiger partial charge in [-0.15, -0.1) is 12.4 Å². The fourth-order valence-corrected chi connectivity index (χ4v) is 4.00. The molecule has 2 aliphatic rings. The van der Waals surface area contributed by atoms with Crippen molar-refractivity contribution in [1.82, 2.24) is 10.2 Å². The van der Waals surface area contributed by atoms with Crippen LogP contribution in [-0.2, 0) is 9.59 Å². The molecule has 2 aliphatic heterocycles. The van der Waals surface area contributed by atoms with Crippen molar-refractivity contribution in [1.29, 1.82) is 0 Å². The van der Waals surface area contributed by atoms with Crippen LogP contribution < -0.4 is 10.2 Å². The van der Waals surface area contributed by atoms with Crippen LogP contribution in [0.4, 0.5) is 5.69 Å². The van der Waals surface area contributed by atoms with Gasteiger partial charge in [-0.3, -0.25) is 9.59 Å². The molecule has 0 aliphatic carbocycles. The molecule has 0 unspecified atom stereocenters. The van der Waals surface area contributed by atoms with Crippen LogP contribution in [0, 0.1) is 5.92 Å². The minimum Gasteiger partial charge on any atom is -0.340 e. The Hall–Kier alpha value is -2.37. The van der Waals surface area contributed by atoms with E-state index in [1.807, 2.05) is 65.6 Å². The van der Waals surface area contributed by atoms with Gasteiger partial charge in [-0.1, -0.05) is 48.5 Å². The van der Waals surface area contributed by atoms with Gasteiger partial charge in [0.2, 0.25) is 11.8 Å². The van der Waals surface area contributed by atoms with Gasteiger partial charge in [-0.25, -0.2) is 0 Å². The molecule has 1 N–H and O–H groups in total. The van der Waals surface area contributed by atoms with Crippen molar-refractivity contribution in [3.63, 3.8) is 0 Å². The van der Waals surface area contributed by atoms with E-state index in [1.54, 1.807) is 4.90 Å². The fraction of sp³-hybridized carbons (Fsp3) is 0.333. The number of benzene rings is 2. The molecule has 27 heavy (non-hydrogen) atoms. The molecule has 0 saturated carbocycles. The molecule has 2 amide bonds. The maximum atomic E-state index is 13.2. The third-order valence-corrected chi connectivity index (χ3v) is 5.24. The van der Waals surface area contributed by atoms with Crippen molar-refractivity contribution >= 4 is 29.9 Å². The topological polar surface area (TPSA) is 52.7 Å². The normalized spacial score (nSPS) is 22.4. The lowest BCUT2D eigenvalue weighted by Gasteiger charge is -2.33. The van der Waals surface area contributed by atoms with Gasteiger partial charge >= 0.3 is 0 Å². The molecular formula is C21H24ClN3O2. The van der Waals surface area contributed by atoms with E-state index in [2.05, 4.69) is 5.32 Å². The lowest BCUT2D eigenvalue weighted by molar-refractivity contribution is -0.137. The van der Waals surface area contributed by atoms with Crippen molar-refractivity contribution in [3.8, 4) is 0 Å². The zero-order valence-electron chi connectivity index (χ0n) is 15.1. The van der Waals surface area contributed by atoms with Crippen LogP contribution in [0.2, 0.25) is 0 Å². The highest BCUT2D eigenvalue weighted by Crippen LogP contribution is 2.42. The summed E-state index contributed by atoms with van der Waals surface area (Å²) in [5.41, 5.74) is 1.86. The first kappa shape index (κ1) is 19.4. The predicted molar refractivity (Wildman–Crippen MR) is 108 cm³/mol. The fourth-order valence-electron chi connectivity index (χ4n) is 4.00. The third-order valence-electron chi connectivity index (χ3n) is 5.24. The van der Waals surface area contributed by atoms with E-state index >= 15 is 0 Å². The van der Waals surface area contributed by atoms with Gasteiger partial charge in [0, 0.05) is 38.3 Å². The summed E-state index contributed by atoms with van der Waals surface area (Å²) in [6.45, 7) is 3.03. The predicted octanol–water partition coefficient (Wildman–Crippen LogP) is 2.63. The quantitative estimate of drug-likeness (QED) is 0.883. The minimum atomic E-state index is -0.344. The lowest BCUT2D eigenvalue weighted by Crippen LogP contribution is -2.49. The number of rotatable bonds is 3. The van der Waals surface area contributed by atoms with Gasteiger partial charge in [-0.05, 0) is 17.7 Å². The first-order valence-corrected chi connectivity index (χ1v) is 9.17. The average Bonchev–Trinajstić information content (AvgIpc) is 3.06. The zero-order valence-corrected chi connectivity index (χ0v) is 15.9. The number of para-hydroxylation sites is 1. The smallest absolute Gasteiger partial charge is 0.228 e. The van der Waals surface area contributed by atoms with Crippen LogP contribution in [0.1, 0.15) is 18.0 Å². The summed E-state index contributed by atoms with van der Waals surface area (Å²) >= 11 is 0. The van der Waals surface area contributed by atoms with Gasteiger partial charge in [0.1, 0.15) is 0 Å². The van der Waals surface area contributed by atoms with Gasteiger partial charge in [-0.2, -0.15) is 0 Å². The van der Waals surface area contributed by atoms with E-state index in [0.29, 0.717) is 13.1 Å². The van der Waals surface area contributed by atoms with Crippen LogP contribution in [0.15, 0.2) is 60.7 Å². The molecule has 2 saturated heterocycles. The Kier molecular flexibility index (Phi) is 6.14. The maximum Gasteiger partial charge on any atom is 0.228 e. The van der Waals surface area contributed by atoms with Crippen molar-refractivity contribution in [3.05, 3.63) is 66.2 Å². The molecule has 2 heterocycles. The first-order chi connectivity index (χ1) is 12.8. The highest BCUT2D eigenvalue weighted by molar-refractivity contribution is 6.01. The van der Waals surface area contributed by atoms with E-state index < -0.39 is 0 Å². The maximum absolute atomic E-state index is 13.2. The van der Waals surface area contributed by atoms with Gasteiger partial charge < -0.3 is 15.1 Å². The molecule has 0 bridgehead atoms. The SMILES string of the molecule is Cl.O=C([C@H]1CC(=O)N(c2ccccc2)[C@@H]1c1ccccc1)N1CCNCC1. The number of anilines is 1. The molecule has 2 atom stereocenters. The molecule has 0 radical (unpaired) electrons. The summed E-state index contributed by atoms with van der Waals surface area (Å²) in [5.74, 6) is -0.242. The van der Waals surface area contributed by atoms with E-state index in [4.69, 9.17) is 0 Å². The molecule has 2 aromatic rings. The van der Waals surface area contributed by atoms with E-state index in [-0.39, 0.29) is 42.6 Å². The minimum absolute atomic E-state index is 0. The molecule has 0 spiro atoms. The second-order valence-corrected chi connectivity index (χ2v) is 6.84. The number of halogens is 1. The summed E-state index contributed by atoms with van der Waals surface area (Å²) in [4.78, 5) is 29.8. The summed E-state index contributed by atoms with van der Waals surface area (Å²) in [6, 6.07) is 19.3. The Morgan fingerprint density at radius 1 is 0.926 bits per heavy atom. The number of amides is 2. The van der Waals surface area contributed by atoms with E-state index in [1.165, 1.54) is 0 Å². The highest BCUT2D eigenvalue weighted by Gasteiger charge is 2.46. The number of carbonyl (C=O) groups excluding carboxylic acids is 2. The summed E-state index contributed by atoms with van der Waals surface area (Å²) in [6.07, 6.45) is 0.261. The van der Waals surface area contributed by atoms with Gasteiger partial charge in [0.05, 0.1) is 12.0 Å². The number of nitrogens with zero attached hydrogens (tertiary/aromatic N) is 2. The molecule has 0 aromatic heterocycles. The molecule has 4 rings (SSSR count). The van der Waals surface area contributed by atoms with Crippen molar-refractivity contribution in [2.75, 3.05) is 31.1 Å². The Morgan fingerprint density at radius 2 is 1.52 bits per heavy atom. The summed E-state index contributed by atoms with van der Waals surface area (Å²) in [5, 5.41) is 3.28. The number of carbonyl (C=O) groups is 2. The average molecular weight is 386 g/mol. The lowest BCUT2D eigenvalue weighted by atomic mass is 9.92. The van der Waals surface area contributed by atoms with Crippen LogP contribution in [0.3, 0.4) is 0 Å².